The number of amides is 1. The molecule has 4 nitrogen and oxygen atoms in total. The maximum Gasteiger partial charge on any atom is 0.256 e. The number of nitriles is 1. The van der Waals surface area contributed by atoms with Gasteiger partial charge in [0.1, 0.15) is 11.4 Å². The number of hydrogen-bond acceptors (Lipinski definition) is 3. The molecule has 0 heterocycles. The smallest absolute Gasteiger partial charge is 0.256 e. The fourth-order valence-electron chi connectivity index (χ4n) is 2.67. The third-order valence-corrected chi connectivity index (χ3v) is 3.99. The third-order valence-electron chi connectivity index (χ3n) is 3.99. The van der Waals surface area contributed by atoms with Gasteiger partial charge in [0.2, 0.25) is 0 Å². The molecule has 2 rings (SSSR count). The highest BCUT2D eigenvalue weighted by Crippen LogP contribution is 2.35. The van der Waals surface area contributed by atoms with Crippen LogP contribution in [-0.2, 0) is 0 Å². The largest absolute Gasteiger partial charge is 0.367 e. The Morgan fingerprint density at radius 2 is 2.18 bits per heavy atom. The number of carbonyl (C=O) groups excluding carboxylic acids is 1. The second kappa shape index (κ2) is 6.35. The minimum Gasteiger partial charge on any atom is -0.367 e. The predicted octanol–water partition coefficient (Wildman–Crippen LogP) is 3.41. The number of anilines is 1. The summed E-state index contributed by atoms with van der Waals surface area (Å²) in [5.74, 6) is -0.554. The molecule has 0 saturated heterocycles. The summed E-state index contributed by atoms with van der Waals surface area (Å²) in [6.07, 6.45) is 2.53. The first-order chi connectivity index (χ1) is 10.4. The van der Waals surface area contributed by atoms with E-state index in [4.69, 9.17) is 0 Å². The zero-order chi connectivity index (χ0) is 16.3. The molecule has 0 unspecified atom stereocenters. The van der Waals surface area contributed by atoms with Gasteiger partial charge in [-0.15, -0.1) is 0 Å². The predicted molar refractivity (Wildman–Crippen MR) is 84.0 cm³/mol. The number of nitrogens with zero attached hydrogens (tertiary/aromatic N) is 2. The van der Waals surface area contributed by atoms with Gasteiger partial charge in [-0.3, -0.25) is 4.79 Å². The Bertz CT molecular complexity index is 602. The van der Waals surface area contributed by atoms with Crippen molar-refractivity contribution < 1.29 is 9.18 Å². The van der Waals surface area contributed by atoms with Gasteiger partial charge >= 0.3 is 0 Å². The molecule has 0 atom stereocenters. The monoisotopic (exact) mass is 303 g/mol. The fraction of sp³-hybridized carbons (Fsp3) is 0.529. The topological polar surface area (TPSA) is 56.1 Å². The van der Waals surface area contributed by atoms with Crippen molar-refractivity contribution in [2.24, 2.45) is 5.92 Å². The molecule has 1 aromatic rings. The van der Waals surface area contributed by atoms with Crippen molar-refractivity contribution in [3.63, 3.8) is 0 Å². The van der Waals surface area contributed by atoms with Gasteiger partial charge in [-0.2, -0.15) is 5.26 Å². The number of carbonyl (C=O) groups is 1. The van der Waals surface area contributed by atoms with Crippen LogP contribution in [0.5, 0.6) is 0 Å². The van der Waals surface area contributed by atoms with E-state index in [1.807, 2.05) is 13.8 Å². The maximum atomic E-state index is 14.2. The molecule has 1 saturated carbocycles. The van der Waals surface area contributed by atoms with E-state index < -0.39 is 11.4 Å². The Morgan fingerprint density at radius 3 is 2.64 bits per heavy atom. The minimum atomic E-state index is -0.577. The molecule has 0 aliphatic heterocycles. The highest BCUT2D eigenvalue weighted by atomic mass is 19.1. The molecule has 1 N–H and O–H groups in total. The molecule has 1 amide bonds. The summed E-state index contributed by atoms with van der Waals surface area (Å²) in [4.78, 5) is 13.8. The number of halogens is 1. The summed E-state index contributed by atoms with van der Waals surface area (Å²) in [6, 6.07) is 6.70. The van der Waals surface area contributed by atoms with Crippen LogP contribution in [0.4, 0.5) is 10.1 Å². The van der Waals surface area contributed by atoms with E-state index in [2.05, 4.69) is 11.4 Å². The summed E-state index contributed by atoms with van der Waals surface area (Å²) >= 11 is 0. The molecule has 0 spiro atoms. The molecule has 1 fully saturated rings. The van der Waals surface area contributed by atoms with Crippen molar-refractivity contribution >= 4 is 11.6 Å². The van der Waals surface area contributed by atoms with Crippen molar-refractivity contribution in [2.45, 2.75) is 38.6 Å². The lowest BCUT2D eigenvalue weighted by Gasteiger charge is -2.36. The molecule has 0 aromatic heterocycles. The van der Waals surface area contributed by atoms with Crippen molar-refractivity contribution in [1.82, 2.24) is 4.90 Å². The van der Waals surface area contributed by atoms with Crippen molar-refractivity contribution in [1.29, 1.82) is 5.26 Å². The molecule has 0 radical (unpaired) electrons. The van der Waals surface area contributed by atoms with E-state index in [-0.39, 0.29) is 11.5 Å². The molecule has 1 aliphatic carbocycles. The van der Waals surface area contributed by atoms with E-state index in [0.717, 1.165) is 19.3 Å². The quantitative estimate of drug-likeness (QED) is 0.907. The minimum absolute atomic E-state index is 0.0633. The van der Waals surface area contributed by atoms with Crippen molar-refractivity contribution in [3.05, 3.63) is 29.6 Å². The van der Waals surface area contributed by atoms with E-state index >= 15 is 0 Å². The van der Waals surface area contributed by atoms with Crippen LogP contribution in [0.2, 0.25) is 0 Å². The van der Waals surface area contributed by atoms with E-state index in [0.29, 0.717) is 18.2 Å². The molecule has 5 heteroatoms. The lowest BCUT2D eigenvalue weighted by atomic mass is 9.78. The average molecular weight is 303 g/mol. The van der Waals surface area contributed by atoms with E-state index in [1.54, 1.807) is 13.1 Å². The first-order valence-corrected chi connectivity index (χ1v) is 7.61. The summed E-state index contributed by atoms with van der Waals surface area (Å²) in [5.41, 5.74) is 0.0296. The number of hydrogen-bond donors (Lipinski definition) is 1. The lowest BCUT2D eigenvalue weighted by molar-refractivity contribution is 0.0774. The number of nitrogens with one attached hydrogen (secondary N) is 1. The summed E-state index contributed by atoms with van der Waals surface area (Å²) < 4.78 is 14.2. The summed E-state index contributed by atoms with van der Waals surface area (Å²) in [6.45, 7) is 4.59. The SMILES string of the molecule is CC(C)CN(C)C(=O)c1ccc(NC2(C#N)CCC2)cc1F. The van der Waals surface area contributed by atoms with Crippen LogP contribution >= 0.6 is 0 Å². The van der Waals surface area contributed by atoms with Gasteiger partial charge < -0.3 is 10.2 Å². The Labute approximate surface area is 130 Å². The first-order valence-electron chi connectivity index (χ1n) is 7.61. The van der Waals surface area contributed by atoms with Crippen LogP contribution in [0, 0.1) is 23.1 Å². The second-order valence-corrected chi connectivity index (χ2v) is 6.45. The van der Waals surface area contributed by atoms with Gasteiger partial charge in [-0.1, -0.05) is 13.8 Å². The first kappa shape index (κ1) is 16.3. The van der Waals surface area contributed by atoms with Gasteiger partial charge in [0, 0.05) is 19.3 Å². The van der Waals surface area contributed by atoms with Crippen LogP contribution in [0.15, 0.2) is 18.2 Å². The number of rotatable bonds is 5. The molecule has 1 aliphatic rings. The second-order valence-electron chi connectivity index (χ2n) is 6.45. The zero-order valence-electron chi connectivity index (χ0n) is 13.3. The Morgan fingerprint density at radius 1 is 1.50 bits per heavy atom. The standard InChI is InChI=1S/C17H22FN3O/c1-12(2)10-21(3)16(22)14-6-5-13(9-15(14)18)20-17(11-19)7-4-8-17/h5-6,9,12,20H,4,7-8,10H2,1-3H3. The van der Waals surface area contributed by atoms with E-state index in [1.165, 1.54) is 17.0 Å². The Hall–Kier alpha value is -2.09. The normalized spacial score (nSPS) is 15.8. The molecule has 22 heavy (non-hydrogen) atoms. The van der Waals surface area contributed by atoms with Gasteiger partial charge in [-0.05, 0) is 43.4 Å². The summed E-state index contributed by atoms with van der Waals surface area (Å²) in [7, 11) is 1.67. The molecule has 1 aromatic carbocycles. The molecular weight excluding hydrogens is 281 g/mol. The third kappa shape index (κ3) is 3.38. The van der Waals surface area contributed by atoms with Crippen LogP contribution in [-0.4, -0.2) is 29.9 Å². The van der Waals surface area contributed by atoms with Crippen molar-refractivity contribution in [2.75, 3.05) is 18.9 Å². The van der Waals surface area contributed by atoms with E-state index in [9.17, 15) is 14.4 Å². The van der Waals surface area contributed by atoms with Gasteiger partial charge in [0.15, 0.2) is 0 Å². The molecular formula is C17H22FN3O. The molecule has 118 valence electrons. The number of benzene rings is 1. The average Bonchev–Trinajstić information content (AvgIpc) is 2.41. The van der Waals surface area contributed by atoms with Gasteiger partial charge in [-0.25, -0.2) is 4.39 Å². The van der Waals surface area contributed by atoms with Crippen molar-refractivity contribution in [3.8, 4) is 6.07 Å². The van der Waals surface area contributed by atoms with Crippen LogP contribution in [0.25, 0.3) is 0 Å². The van der Waals surface area contributed by atoms with Crippen LogP contribution in [0.1, 0.15) is 43.5 Å². The van der Waals surface area contributed by atoms with Gasteiger partial charge in [0.25, 0.3) is 5.91 Å². The highest BCUT2D eigenvalue weighted by molar-refractivity contribution is 5.94. The Kier molecular flexibility index (Phi) is 4.70. The fourth-order valence-corrected chi connectivity index (χ4v) is 2.67. The zero-order valence-corrected chi connectivity index (χ0v) is 13.3. The maximum absolute atomic E-state index is 14.2. The Balaban J connectivity index is 2.13. The lowest BCUT2D eigenvalue weighted by Crippen LogP contribution is -2.43. The highest BCUT2D eigenvalue weighted by Gasteiger charge is 2.37. The van der Waals surface area contributed by atoms with Gasteiger partial charge in [0.05, 0.1) is 11.6 Å². The molecule has 0 bridgehead atoms. The van der Waals surface area contributed by atoms with Crippen LogP contribution in [0.3, 0.4) is 0 Å². The van der Waals surface area contributed by atoms with Crippen LogP contribution < -0.4 is 5.32 Å². The summed E-state index contributed by atoms with van der Waals surface area (Å²) in [5, 5.41) is 12.3.